The van der Waals surface area contributed by atoms with Crippen molar-refractivity contribution < 1.29 is 9.84 Å². The lowest BCUT2D eigenvalue weighted by Gasteiger charge is -2.28. The van der Waals surface area contributed by atoms with E-state index in [2.05, 4.69) is 5.32 Å². The molecule has 0 spiro atoms. The summed E-state index contributed by atoms with van der Waals surface area (Å²) in [7, 11) is 1.73. The van der Waals surface area contributed by atoms with Crippen LogP contribution in [0.1, 0.15) is 25.7 Å². The number of ether oxygens (including phenoxy) is 1. The van der Waals surface area contributed by atoms with E-state index in [4.69, 9.17) is 4.74 Å². The zero-order valence-electron chi connectivity index (χ0n) is 8.46. The molecule has 0 aliphatic carbocycles. The fourth-order valence-corrected chi connectivity index (χ4v) is 1.86. The van der Waals surface area contributed by atoms with Gasteiger partial charge in [-0.1, -0.05) is 6.42 Å². The predicted molar refractivity (Wildman–Crippen MR) is 52.7 cm³/mol. The fourth-order valence-electron chi connectivity index (χ4n) is 1.86. The Balaban J connectivity index is 2.05. The molecular formula is C10H21NO2. The van der Waals surface area contributed by atoms with Crippen molar-refractivity contribution in [1.29, 1.82) is 0 Å². The Labute approximate surface area is 80.5 Å². The van der Waals surface area contributed by atoms with Crippen LogP contribution in [-0.2, 0) is 4.74 Å². The van der Waals surface area contributed by atoms with Gasteiger partial charge < -0.3 is 15.2 Å². The summed E-state index contributed by atoms with van der Waals surface area (Å²) < 4.78 is 4.98. The minimum absolute atomic E-state index is 0.0798. The summed E-state index contributed by atoms with van der Waals surface area (Å²) >= 11 is 0. The largest absolute Gasteiger partial charge is 0.393 e. The first kappa shape index (κ1) is 11.0. The standard InChI is InChI=1S/C10H21NO2/c1-13-7-3-2-4-9-8-11-6-5-10(9)12/h9-12H,2-8H2,1H3. The maximum atomic E-state index is 9.65. The fraction of sp³-hybridized carbons (Fsp3) is 1.00. The monoisotopic (exact) mass is 187 g/mol. The van der Waals surface area contributed by atoms with Gasteiger partial charge in [-0.25, -0.2) is 0 Å². The van der Waals surface area contributed by atoms with E-state index in [-0.39, 0.29) is 6.10 Å². The van der Waals surface area contributed by atoms with Crippen LogP contribution in [0.15, 0.2) is 0 Å². The van der Waals surface area contributed by atoms with Gasteiger partial charge in [-0.05, 0) is 31.7 Å². The predicted octanol–water partition coefficient (Wildman–Crippen LogP) is 0.773. The van der Waals surface area contributed by atoms with E-state index in [0.29, 0.717) is 5.92 Å². The van der Waals surface area contributed by atoms with Crippen LogP contribution in [0.2, 0.25) is 0 Å². The first-order valence-electron chi connectivity index (χ1n) is 5.22. The zero-order chi connectivity index (χ0) is 9.52. The summed E-state index contributed by atoms with van der Waals surface area (Å²) in [6.45, 7) is 2.79. The maximum absolute atomic E-state index is 9.65. The summed E-state index contributed by atoms with van der Waals surface area (Å²) in [5.74, 6) is 0.464. The molecule has 3 heteroatoms. The molecule has 1 aliphatic rings. The van der Waals surface area contributed by atoms with Crippen LogP contribution in [0.3, 0.4) is 0 Å². The first-order valence-corrected chi connectivity index (χ1v) is 5.22. The van der Waals surface area contributed by atoms with Crippen molar-refractivity contribution in [2.75, 3.05) is 26.8 Å². The molecule has 3 nitrogen and oxygen atoms in total. The first-order chi connectivity index (χ1) is 6.34. The van der Waals surface area contributed by atoms with Gasteiger partial charge in [-0.3, -0.25) is 0 Å². The molecule has 1 heterocycles. The molecule has 0 amide bonds. The van der Waals surface area contributed by atoms with Gasteiger partial charge in [0.15, 0.2) is 0 Å². The van der Waals surface area contributed by atoms with E-state index < -0.39 is 0 Å². The third kappa shape index (κ3) is 4.07. The number of aliphatic hydroxyl groups is 1. The minimum Gasteiger partial charge on any atom is -0.393 e. The van der Waals surface area contributed by atoms with Gasteiger partial charge in [0.05, 0.1) is 6.10 Å². The van der Waals surface area contributed by atoms with Crippen LogP contribution in [0.25, 0.3) is 0 Å². The number of aliphatic hydroxyl groups excluding tert-OH is 1. The molecule has 2 atom stereocenters. The average molecular weight is 187 g/mol. The van der Waals surface area contributed by atoms with Crippen molar-refractivity contribution in [1.82, 2.24) is 5.32 Å². The third-order valence-corrected chi connectivity index (χ3v) is 2.74. The van der Waals surface area contributed by atoms with Crippen molar-refractivity contribution in [3.63, 3.8) is 0 Å². The molecule has 1 rings (SSSR count). The highest BCUT2D eigenvalue weighted by Gasteiger charge is 2.21. The van der Waals surface area contributed by atoms with Gasteiger partial charge in [-0.2, -0.15) is 0 Å². The Morgan fingerprint density at radius 3 is 3.00 bits per heavy atom. The third-order valence-electron chi connectivity index (χ3n) is 2.74. The van der Waals surface area contributed by atoms with Crippen molar-refractivity contribution in [2.24, 2.45) is 5.92 Å². The molecular weight excluding hydrogens is 166 g/mol. The molecule has 0 radical (unpaired) electrons. The molecule has 13 heavy (non-hydrogen) atoms. The summed E-state index contributed by atoms with van der Waals surface area (Å²) in [5, 5.41) is 13.0. The number of unbranched alkanes of at least 4 members (excludes halogenated alkanes) is 1. The van der Waals surface area contributed by atoms with Gasteiger partial charge in [0, 0.05) is 20.3 Å². The van der Waals surface area contributed by atoms with Gasteiger partial charge in [0.1, 0.15) is 0 Å². The van der Waals surface area contributed by atoms with Gasteiger partial charge in [-0.15, -0.1) is 0 Å². The molecule has 1 saturated heterocycles. The number of nitrogens with one attached hydrogen (secondary N) is 1. The molecule has 78 valence electrons. The van der Waals surface area contributed by atoms with Gasteiger partial charge in [0.2, 0.25) is 0 Å². The molecule has 2 unspecified atom stereocenters. The van der Waals surface area contributed by atoms with Crippen LogP contribution in [0, 0.1) is 5.92 Å². The summed E-state index contributed by atoms with van der Waals surface area (Å²) in [6.07, 6.45) is 4.23. The topological polar surface area (TPSA) is 41.5 Å². The Morgan fingerprint density at radius 2 is 2.31 bits per heavy atom. The van der Waals surface area contributed by atoms with E-state index in [1.54, 1.807) is 7.11 Å². The van der Waals surface area contributed by atoms with Crippen molar-refractivity contribution in [3.05, 3.63) is 0 Å². The number of hydrogen-bond acceptors (Lipinski definition) is 3. The van der Waals surface area contributed by atoms with E-state index in [1.165, 1.54) is 0 Å². The highest BCUT2D eigenvalue weighted by molar-refractivity contribution is 4.76. The highest BCUT2D eigenvalue weighted by atomic mass is 16.5. The molecule has 0 aromatic heterocycles. The normalized spacial score (nSPS) is 29.1. The average Bonchev–Trinajstić information content (AvgIpc) is 2.15. The summed E-state index contributed by atoms with van der Waals surface area (Å²) in [6, 6.07) is 0. The molecule has 0 saturated carbocycles. The van der Waals surface area contributed by atoms with Crippen LogP contribution in [0.5, 0.6) is 0 Å². The maximum Gasteiger partial charge on any atom is 0.0592 e. The van der Waals surface area contributed by atoms with Crippen molar-refractivity contribution >= 4 is 0 Å². The Morgan fingerprint density at radius 1 is 1.46 bits per heavy atom. The number of hydrogen-bond donors (Lipinski definition) is 2. The van der Waals surface area contributed by atoms with E-state index in [9.17, 15) is 5.11 Å². The highest BCUT2D eigenvalue weighted by Crippen LogP contribution is 2.17. The van der Waals surface area contributed by atoms with Crippen molar-refractivity contribution in [3.8, 4) is 0 Å². The summed E-state index contributed by atoms with van der Waals surface area (Å²) in [4.78, 5) is 0. The van der Waals surface area contributed by atoms with Crippen LogP contribution in [0.4, 0.5) is 0 Å². The smallest absolute Gasteiger partial charge is 0.0592 e. The number of methoxy groups -OCH3 is 1. The van der Waals surface area contributed by atoms with Gasteiger partial charge in [0.25, 0.3) is 0 Å². The second-order valence-corrected chi connectivity index (χ2v) is 3.81. The van der Waals surface area contributed by atoms with Crippen molar-refractivity contribution in [2.45, 2.75) is 31.8 Å². The van der Waals surface area contributed by atoms with E-state index in [0.717, 1.165) is 45.4 Å². The number of piperidine rings is 1. The SMILES string of the molecule is COCCCCC1CNCCC1O. The number of rotatable bonds is 5. The zero-order valence-corrected chi connectivity index (χ0v) is 8.46. The second kappa shape index (κ2) is 6.35. The van der Waals surface area contributed by atoms with Crippen LogP contribution >= 0.6 is 0 Å². The Kier molecular flexibility index (Phi) is 5.35. The van der Waals surface area contributed by atoms with E-state index >= 15 is 0 Å². The van der Waals surface area contributed by atoms with E-state index in [1.807, 2.05) is 0 Å². The lowest BCUT2D eigenvalue weighted by Crippen LogP contribution is -2.39. The molecule has 0 aromatic carbocycles. The lowest BCUT2D eigenvalue weighted by molar-refractivity contribution is 0.0716. The van der Waals surface area contributed by atoms with Crippen LogP contribution < -0.4 is 5.32 Å². The second-order valence-electron chi connectivity index (χ2n) is 3.81. The molecule has 2 N–H and O–H groups in total. The lowest BCUT2D eigenvalue weighted by atomic mass is 9.91. The Bertz CT molecular complexity index is 130. The Hall–Kier alpha value is -0.120. The molecule has 0 bridgehead atoms. The minimum atomic E-state index is -0.0798. The van der Waals surface area contributed by atoms with Gasteiger partial charge >= 0.3 is 0 Å². The van der Waals surface area contributed by atoms with Crippen LogP contribution in [-0.4, -0.2) is 38.0 Å². The quantitative estimate of drug-likeness (QED) is 0.625. The molecule has 1 aliphatic heterocycles. The summed E-state index contributed by atoms with van der Waals surface area (Å²) in [5.41, 5.74) is 0. The molecule has 1 fully saturated rings. The molecule has 0 aromatic rings.